The van der Waals surface area contributed by atoms with Crippen molar-refractivity contribution in [2.24, 2.45) is 5.92 Å². The van der Waals surface area contributed by atoms with Crippen LogP contribution in [0.1, 0.15) is 116 Å². The fourth-order valence-corrected chi connectivity index (χ4v) is 3.30. The number of allylic oxidation sites excluding steroid dienone is 2. The van der Waals surface area contributed by atoms with Crippen molar-refractivity contribution in [1.29, 1.82) is 0 Å². The van der Waals surface area contributed by atoms with E-state index in [9.17, 15) is 19.8 Å². The molecule has 0 heterocycles. The van der Waals surface area contributed by atoms with Crippen LogP contribution in [-0.2, 0) is 9.59 Å². The number of carbonyl (C=O) groups is 2. The first-order chi connectivity index (χ1) is 13.1. The minimum absolute atomic E-state index is 0. The molecule has 29 heavy (non-hydrogen) atoms. The normalized spacial score (nSPS) is 11.6. The number of rotatable bonds is 20. The van der Waals surface area contributed by atoms with Crippen LogP contribution in [0.15, 0.2) is 12.2 Å². The molecule has 0 amide bonds. The van der Waals surface area contributed by atoms with Crippen molar-refractivity contribution in [1.82, 2.24) is 0 Å². The van der Waals surface area contributed by atoms with Gasteiger partial charge in [-0.2, -0.15) is 0 Å². The Bertz CT molecular complexity index is 400. The molecule has 1 unspecified atom stereocenters. The summed E-state index contributed by atoms with van der Waals surface area (Å²) in [5.41, 5.74) is 0. The number of carboxylic acid groups (broad SMARTS) is 2. The van der Waals surface area contributed by atoms with E-state index in [1.807, 2.05) is 6.08 Å². The number of hydrogen-bond acceptors (Lipinski definition) is 4. The van der Waals surface area contributed by atoms with Gasteiger partial charge in [-0.1, -0.05) is 103 Å². The van der Waals surface area contributed by atoms with E-state index < -0.39 is 24.3 Å². The molecule has 0 N–H and O–H groups in total. The topological polar surface area (TPSA) is 80.3 Å². The Hall–Kier alpha value is 0.680. The summed E-state index contributed by atoms with van der Waals surface area (Å²) in [7, 11) is 0. The Morgan fingerprint density at radius 1 is 0.690 bits per heavy atom. The van der Waals surface area contributed by atoms with Crippen LogP contribution in [0.3, 0.4) is 0 Å². The van der Waals surface area contributed by atoms with E-state index in [0.717, 1.165) is 12.8 Å². The quantitative estimate of drug-likeness (QED) is 0.132. The van der Waals surface area contributed by atoms with Crippen LogP contribution < -0.4 is 69.3 Å². The van der Waals surface area contributed by atoms with E-state index >= 15 is 0 Å². The molecule has 0 aromatic heterocycles. The van der Waals surface area contributed by atoms with E-state index in [1.54, 1.807) is 6.08 Å². The first kappa shape index (κ1) is 34.3. The number of hydrogen-bond donors (Lipinski definition) is 0. The Balaban J connectivity index is -0.00000338. The molecule has 0 saturated carbocycles. The minimum Gasteiger partial charge on any atom is -0.550 e. The van der Waals surface area contributed by atoms with Crippen LogP contribution >= 0.6 is 0 Å². The molecule has 1 atom stereocenters. The third kappa shape index (κ3) is 26.6. The van der Waals surface area contributed by atoms with Crippen LogP contribution in [0, 0.1) is 5.92 Å². The van der Waals surface area contributed by atoms with Crippen molar-refractivity contribution in [3.05, 3.63) is 12.2 Å². The predicted molar refractivity (Wildman–Crippen MR) is 107 cm³/mol. The summed E-state index contributed by atoms with van der Waals surface area (Å²) >= 11 is 0. The molecular formula is C23H40Na2O4. The second-order valence-corrected chi connectivity index (χ2v) is 7.68. The maximum atomic E-state index is 10.8. The molecule has 0 rings (SSSR count). The standard InChI is InChI=1S/C23H42O4.2Na/c1-2-3-4-5-6-7-8-9-10-11-12-13-14-15-16-17-18-19-21(23(26)27)20-22(24)25;;/h17-18,21H,2-16,19-20H2,1H3,(H,24,25)(H,26,27);;/q;2*+1/p-2. The van der Waals surface area contributed by atoms with Crippen LogP contribution in [0.25, 0.3) is 0 Å². The molecular weight excluding hydrogens is 386 g/mol. The zero-order valence-electron chi connectivity index (χ0n) is 19.4. The summed E-state index contributed by atoms with van der Waals surface area (Å²) in [6.45, 7) is 2.26. The largest absolute Gasteiger partial charge is 1.00 e. The minimum atomic E-state index is -1.34. The molecule has 0 bridgehead atoms. The van der Waals surface area contributed by atoms with Gasteiger partial charge in [0.2, 0.25) is 0 Å². The van der Waals surface area contributed by atoms with Gasteiger partial charge < -0.3 is 19.8 Å². The Morgan fingerprint density at radius 2 is 1.10 bits per heavy atom. The molecule has 0 radical (unpaired) electrons. The zero-order chi connectivity index (χ0) is 20.2. The van der Waals surface area contributed by atoms with Gasteiger partial charge in [0.25, 0.3) is 0 Å². The Labute approximate surface area is 223 Å². The molecule has 4 nitrogen and oxygen atoms in total. The predicted octanol–water partition coefficient (Wildman–Crippen LogP) is -1.68. The van der Waals surface area contributed by atoms with Crippen molar-refractivity contribution >= 4 is 11.9 Å². The Kier molecular flexibility index (Phi) is 31.6. The van der Waals surface area contributed by atoms with Gasteiger partial charge >= 0.3 is 59.1 Å². The van der Waals surface area contributed by atoms with Crippen molar-refractivity contribution in [3.8, 4) is 0 Å². The van der Waals surface area contributed by atoms with Gasteiger partial charge in [-0.05, 0) is 25.7 Å². The molecule has 0 spiro atoms. The van der Waals surface area contributed by atoms with E-state index in [0.29, 0.717) is 0 Å². The SMILES string of the molecule is CCCCCCCCCCCCCCCCC=CCC(CC(=O)[O-])C(=O)[O-].[Na+].[Na+]. The van der Waals surface area contributed by atoms with Gasteiger partial charge in [0, 0.05) is 17.9 Å². The van der Waals surface area contributed by atoms with Crippen LogP contribution in [0.5, 0.6) is 0 Å². The smallest absolute Gasteiger partial charge is 0.550 e. The molecule has 0 fully saturated rings. The van der Waals surface area contributed by atoms with Gasteiger partial charge in [-0.3, -0.25) is 0 Å². The first-order valence-electron chi connectivity index (χ1n) is 11.1. The molecule has 0 aliphatic heterocycles. The fourth-order valence-electron chi connectivity index (χ4n) is 3.30. The molecule has 0 aliphatic carbocycles. The number of carbonyl (C=O) groups excluding carboxylic acids is 2. The Morgan fingerprint density at radius 3 is 1.48 bits per heavy atom. The third-order valence-corrected chi connectivity index (χ3v) is 5.06. The summed E-state index contributed by atoms with van der Waals surface area (Å²) in [5, 5.41) is 21.3. The maximum absolute atomic E-state index is 10.8. The fraction of sp³-hybridized carbons (Fsp3) is 0.826. The molecule has 158 valence electrons. The average molecular weight is 427 g/mol. The van der Waals surface area contributed by atoms with Crippen LogP contribution in [0.4, 0.5) is 0 Å². The first-order valence-corrected chi connectivity index (χ1v) is 11.1. The summed E-state index contributed by atoms with van der Waals surface area (Å²) < 4.78 is 0. The number of carboxylic acids is 2. The summed E-state index contributed by atoms with van der Waals surface area (Å²) in [5.74, 6) is -3.65. The van der Waals surface area contributed by atoms with Crippen LogP contribution in [-0.4, -0.2) is 11.9 Å². The van der Waals surface area contributed by atoms with Gasteiger partial charge in [0.1, 0.15) is 0 Å². The van der Waals surface area contributed by atoms with E-state index in [2.05, 4.69) is 6.92 Å². The monoisotopic (exact) mass is 426 g/mol. The number of unbranched alkanes of at least 4 members (excludes halogenated alkanes) is 14. The van der Waals surface area contributed by atoms with Crippen LogP contribution in [0.2, 0.25) is 0 Å². The summed E-state index contributed by atoms with van der Waals surface area (Å²) in [6, 6.07) is 0. The van der Waals surface area contributed by atoms with Gasteiger partial charge in [-0.15, -0.1) is 0 Å². The average Bonchev–Trinajstić information content (AvgIpc) is 2.62. The zero-order valence-corrected chi connectivity index (χ0v) is 23.4. The summed E-state index contributed by atoms with van der Waals surface area (Å²) in [6.07, 6.45) is 23.0. The van der Waals surface area contributed by atoms with E-state index in [1.165, 1.54) is 83.5 Å². The maximum Gasteiger partial charge on any atom is 1.00 e. The molecule has 0 aromatic rings. The third-order valence-electron chi connectivity index (χ3n) is 5.06. The molecule has 0 saturated heterocycles. The van der Waals surface area contributed by atoms with E-state index in [4.69, 9.17) is 0 Å². The molecule has 0 aliphatic rings. The number of aliphatic carboxylic acids is 2. The second kappa shape index (κ2) is 26.7. The van der Waals surface area contributed by atoms with Gasteiger partial charge in [0.05, 0.1) is 0 Å². The summed E-state index contributed by atoms with van der Waals surface area (Å²) in [4.78, 5) is 21.3. The van der Waals surface area contributed by atoms with Crippen molar-refractivity contribution in [2.45, 2.75) is 116 Å². The molecule has 0 aromatic carbocycles. The van der Waals surface area contributed by atoms with Crippen molar-refractivity contribution in [2.75, 3.05) is 0 Å². The van der Waals surface area contributed by atoms with E-state index in [-0.39, 0.29) is 65.5 Å². The van der Waals surface area contributed by atoms with Gasteiger partial charge in [-0.25, -0.2) is 0 Å². The van der Waals surface area contributed by atoms with Crippen molar-refractivity contribution in [3.63, 3.8) is 0 Å². The molecule has 6 heteroatoms. The van der Waals surface area contributed by atoms with Gasteiger partial charge in [0.15, 0.2) is 0 Å². The second-order valence-electron chi connectivity index (χ2n) is 7.68. The van der Waals surface area contributed by atoms with Crippen molar-refractivity contribution < 1.29 is 78.9 Å².